The maximum absolute atomic E-state index is 12.9. The van der Waals surface area contributed by atoms with Gasteiger partial charge in [-0.05, 0) is 64.3 Å². The Morgan fingerprint density at radius 1 is 1.06 bits per heavy atom. The second kappa shape index (κ2) is 11.4. The maximum Gasteiger partial charge on any atom is 0.338 e. The van der Waals surface area contributed by atoms with Crippen molar-refractivity contribution in [1.29, 1.82) is 0 Å². The van der Waals surface area contributed by atoms with Crippen LogP contribution in [0.1, 0.15) is 79.3 Å². The van der Waals surface area contributed by atoms with Gasteiger partial charge < -0.3 is 25.1 Å². The zero-order valence-electron chi connectivity index (χ0n) is 20.4. The highest BCUT2D eigenvalue weighted by Crippen LogP contribution is 2.16. The average Bonchev–Trinajstić information content (AvgIpc) is 3.22. The molecular weight excluding hydrogens is 440 g/mol. The second-order valence-electron chi connectivity index (χ2n) is 9.07. The molecule has 0 saturated heterocycles. The fourth-order valence-electron chi connectivity index (χ4n) is 3.02. The van der Waals surface area contributed by atoms with Gasteiger partial charge in [0.25, 0.3) is 11.8 Å². The summed E-state index contributed by atoms with van der Waals surface area (Å²) in [6.07, 6.45) is 1.59. The van der Waals surface area contributed by atoms with E-state index in [4.69, 9.17) is 9.47 Å². The summed E-state index contributed by atoms with van der Waals surface area (Å²) in [6, 6.07) is 5.23. The molecular formula is C24H32N4O6. The van der Waals surface area contributed by atoms with Crippen LogP contribution in [0.5, 0.6) is 0 Å². The number of anilines is 1. The minimum absolute atomic E-state index is 0.0852. The molecule has 0 fully saturated rings. The van der Waals surface area contributed by atoms with Crippen molar-refractivity contribution in [3.05, 3.63) is 47.5 Å². The van der Waals surface area contributed by atoms with E-state index < -0.39 is 35.4 Å². The molecule has 2 amide bonds. The van der Waals surface area contributed by atoms with Crippen molar-refractivity contribution in [3.8, 4) is 0 Å². The van der Waals surface area contributed by atoms with Gasteiger partial charge in [0.15, 0.2) is 5.69 Å². The molecule has 0 unspecified atom stereocenters. The number of H-pyrrole nitrogens is 1. The van der Waals surface area contributed by atoms with E-state index in [0.717, 1.165) is 0 Å². The fraction of sp³-hybridized carbons (Fsp3) is 0.458. The quantitative estimate of drug-likeness (QED) is 0.476. The first kappa shape index (κ1) is 26.6. The monoisotopic (exact) mass is 472 g/mol. The number of esters is 2. The first-order chi connectivity index (χ1) is 15.9. The number of rotatable bonds is 9. The predicted octanol–water partition coefficient (Wildman–Crippen LogP) is 3.32. The number of imidazole rings is 1. The number of benzene rings is 1. The zero-order chi connectivity index (χ0) is 25.5. The van der Waals surface area contributed by atoms with E-state index in [-0.39, 0.29) is 23.9 Å². The third kappa shape index (κ3) is 7.72. The van der Waals surface area contributed by atoms with Crippen LogP contribution in [0.2, 0.25) is 0 Å². The molecule has 1 heterocycles. The molecule has 10 heteroatoms. The van der Waals surface area contributed by atoms with Gasteiger partial charge >= 0.3 is 11.9 Å². The summed E-state index contributed by atoms with van der Waals surface area (Å²) in [7, 11) is 0. The number of ether oxygens (including phenoxy) is 2. The van der Waals surface area contributed by atoms with Crippen LogP contribution in [-0.4, -0.2) is 52.0 Å². The molecule has 0 aliphatic heterocycles. The van der Waals surface area contributed by atoms with E-state index in [1.807, 2.05) is 13.8 Å². The Labute approximate surface area is 198 Å². The number of hydrogen-bond acceptors (Lipinski definition) is 7. The van der Waals surface area contributed by atoms with Crippen LogP contribution >= 0.6 is 0 Å². The molecule has 2 rings (SSSR count). The normalized spacial score (nSPS) is 12.1. The number of aromatic amines is 1. The molecule has 0 saturated carbocycles. The molecule has 1 aromatic heterocycles. The van der Waals surface area contributed by atoms with E-state index in [0.29, 0.717) is 17.7 Å². The van der Waals surface area contributed by atoms with E-state index in [2.05, 4.69) is 20.6 Å². The largest absolute Gasteiger partial charge is 0.462 e. The van der Waals surface area contributed by atoms with Gasteiger partial charge in [0, 0.05) is 5.69 Å². The summed E-state index contributed by atoms with van der Waals surface area (Å²) in [5.74, 6) is -2.20. The predicted molar refractivity (Wildman–Crippen MR) is 125 cm³/mol. The lowest BCUT2D eigenvalue weighted by Gasteiger charge is -2.25. The maximum atomic E-state index is 12.9. The Kier molecular flexibility index (Phi) is 8.94. The lowest BCUT2D eigenvalue weighted by atomic mass is 10.0. The minimum Gasteiger partial charge on any atom is -0.462 e. The van der Waals surface area contributed by atoms with Gasteiger partial charge in [-0.25, -0.2) is 14.6 Å². The van der Waals surface area contributed by atoms with Crippen molar-refractivity contribution < 1.29 is 28.7 Å². The molecule has 0 spiro atoms. The molecule has 0 radical (unpaired) electrons. The lowest BCUT2D eigenvalue weighted by molar-refractivity contribution is -0.157. The number of nitrogens with zero attached hydrogens (tertiary/aromatic N) is 1. The van der Waals surface area contributed by atoms with Gasteiger partial charge in [0.05, 0.1) is 18.5 Å². The van der Waals surface area contributed by atoms with Gasteiger partial charge in [0.2, 0.25) is 0 Å². The Morgan fingerprint density at radius 2 is 1.71 bits per heavy atom. The van der Waals surface area contributed by atoms with Crippen LogP contribution in [0.4, 0.5) is 5.69 Å². The van der Waals surface area contributed by atoms with Crippen LogP contribution in [0.3, 0.4) is 0 Å². The zero-order valence-corrected chi connectivity index (χ0v) is 20.4. The van der Waals surface area contributed by atoms with Gasteiger partial charge in [-0.3, -0.25) is 9.59 Å². The first-order valence-electron chi connectivity index (χ1n) is 11.1. The summed E-state index contributed by atoms with van der Waals surface area (Å²) in [5, 5.41) is 5.28. The van der Waals surface area contributed by atoms with Crippen LogP contribution < -0.4 is 10.6 Å². The number of amides is 2. The van der Waals surface area contributed by atoms with Crippen molar-refractivity contribution in [1.82, 2.24) is 15.3 Å². The van der Waals surface area contributed by atoms with E-state index in [1.165, 1.54) is 30.6 Å². The van der Waals surface area contributed by atoms with Crippen LogP contribution in [0.25, 0.3) is 0 Å². The van der Waals surface area contributed by atoms with Crippen LogP contribution in [-0.2, 0) is 14.3 Å². The van der Waals surface area contributed by atoms with Crippen molar-refractivity contribution >= 4 is 29.4 Å². The molecule has 0 bridgehead atoms. The van der Waals surface area contributed by atoms with E-state index >= 15 is 0 Å². The molecule has 1 atom stereocenters. The van der Waals surface area contributed by atoms with Crippen LogP contribution in [0.15, 0.2) is 30.6 Å². The summed E-state index contributed by atoms with van der Waals surface area (Å²) in [6.45, 7) is 11.1. The minimum atomic E-state index is -0.888. The topological polar surface area (TPSA) is 139 Å². The van der Waals surface area contributed by atoms with Gasteiger partial charge in [-0.15, -0.1) is 0 Å². The third-order valence-electron chi connectivity index (χ3n) is 4.44. The Bertz CT molecular complexity index is 1020. The molecule has 10 nitrogen and oxygen atoms in total. The van der Waals surface area contributed by atoms with Crippen molar-refractivity contribution in [2.75, 3.05) is 11.9 Å². The Balaban J connectivity index is 2.13. The van der Waals surface area contributed by atoms with E-state index in [9.17, 15) is 19.2 Å². The van der Waals surface area contributed by atoms with E-state index in [1.54, 1.807) is 27.7 Å². The summed E-state index contributed by atoms with van der Waals surface area (Å²) in [4.78, 5) is 56.6. The smallest absolute Gasteiger partial charge is 0.338 e. The molecule has 0 aliphatic carbocycles. The van der Waals surface area contributed by atoms with Crippen molar-refractivity contribution in [2.24, 2.45) is 5.92 Å². The van der Waals surface area contributed by atoms with Crippen molar-refractivity contribution in [3.63, 3.8) is 0 Å². The number of carbonyl (C=O) groups excluding carboxylic acids is 4. The van der Waals surface area contributed by atoms with Crippen molar-refractivity contribution in [2.45, 2.75) is 59.6 Å². The standard InChI is InChI=1S/C24H32N4O6/c1-7-33-22(31)15-8-10-16(11-9-15)27-20(29)18-19(26-13-25-18)21(30)28-17(12-14(2)3)23(32)34-24(4,5)6/h8-11,13-14,17H,7,12H2,1-6H3,(H,25,26)(H,27,29)(H,28,30)/t17-/m0/s1. The summed E-state index contributed by atoms with van der Waals surface area (Å²) < 4.78 is 10.4. The van der Waals surface area contributed by atoms with Gasteiger partial charge in [-0.1, -0.05) is 13.8 Å². The first-order valence-corrected chi connectivity index (χ1v) is 11.1. The Morgan fingerprint density at radius 3 is 2.26 bits per heavy atom. The number of carbonyl (C=O) groups is 4. The molecule has 34 heavy (non-hydrogen) atoms. The Hall–Kier alpha value is -3.69. The molecule has 3 N–H and O–H groups in total. The highest BCUT2D eigenvalue weighted by atomic mass is 16.6. The average molecular weight is 473 g/mol. The van der Waals surface area contributed by atoms with Gasteiger partial charge in [-0.2, -0.15) is 0 Å². The summed E-state index contributed by atoms with van der Waals surface area (Å²) >= 11 is 0. The number of hydrogen-bond donors (Lipinski definition) is 3. The third-order valence-corrected chi connectivity index (χ3v) is 4.44. The summed E-state index contributed by atoms with van der Waals surface area (Å²) in [5.41, 5.74) is -0.187. The lowest BCUT2D eigenvalue weighted by Crippen LogP contribution is -2.45. The fourth-order valence-corrected chi connectivity index (χ4v) is 3.02. The van der Waals surface area contributed by atoms with Crippen LogP contribution in [0, 0.1) is 5.92 Å². The van der Waals surface area contributed by atoms with Gasteiger partial charge in [0.1, 0.15) is 17.3 Å². The highest BCUT2D eigenvalue weighted by molar-refractivity contribution is 6.10. The highest BCUT2D eigenvalue weighted by Gasteiger charge is 2.30. The second-order valence-corrected chi connectivity index (χ2v) is 9.07. The number of nitrogens with one attached hydrogen (secondary N) is 3. The molecule has 2 aromatic rings. The number of aromatic nitrogens is 2. The molecule has 0 aliphatic rings. The molecule has 184 valence electrons. The molecule has 1 aromatic carbocycles. The SMILES string of the molecule is CCOC(=O)c1ccc(NC(=O)c2nc[nH]c2C(=O)N[C@@H](CC(C)C)C(=O)OC(C)(C)C)cc1.